The SMILES string of the molecule is CCCNc1ncc(Br)cc1CNC1CC1. The topological polar surface area (TPSA) is 37.0 Å². The zero-order valence-corrected chi connectivity index (χ0v) is 11.2. The Hall–Kier alpha value is -0.610. The molecular formula is C12H18BrN3. The molecule has 0 radical (unpaired) electrons. The molecule has 0 bridgehead atoms. The first-order valence-electron chi connectivity index (χ1n) is 5.91. The quantitative estimate of drug-likeness (QED) is 0.843. The molecule has 1 aromatic rings. The van der Waals surface area contributed by atoms with Crippen molar-refractivity contribution in [2.45, 2.75) is 38.8 Å². The van der Waals surface area contributed by atoms with Gasteiger partial charge in [-0.25, -0.2) is 4.98 Å². The second-order valence-corrected chi connectivity index (χ2v) is 5.16. The highest BCUT2D eigenvalue weighted by Crippen LogP contribution is 2.22. The van der Waals surface area contributed by atoms with E-state index < -0.39 is 0 Å². The fourth-order valence-electron chi connectivity index (χ4n) is 1.56. The van der Waals surface area contributed by atoms with Crippen LogP contribution in [0.15, 0.2) is 16.7 Å². The van der Waals surface area contributed by atoms with Gasteiger partial charge in [0.1, 0.15) is 5.82 Å². The lowest BCUT2D eigenvalue weighted by Crippen LogP contribution is -2.17. The van der Waals surface area contributed by atoms with Crippen LogP contribution in [0.25, 0.3) is 0 Å². The van der Waals surface area contributed by atoms with Crippen LogP contribution in [0.4, 0.5) is 5.82 Å². The summed E-state index contributed by atoms with van der Waals surface area (Å²) in [6, 6.07) is 2.87. The molecule has 0 saturated heterocycles. The van der Waals surface area contributed by atoms with E-state index >= 15 is 0 Å². The molecule has 16 heavy (non-hydrogen) atoms. The number of pyridine rings is 1. The van der Waals surface area contributed by atoms with E-state index in [1.165, 1.54) is 18.4 Å². The first-order chi connectivity index (χ1) is 7.79. The van der Waals surface area contributed by atoms with E-state index in [1.807, 2.05) is 6.20 Å². The van der Waals surface area contributed by atoms with Gasteiger partial charge in [0.15, 0.2) is 0 Å². The molecule has 1 aliphatic rings. The Morgan fingerprint density at radius 1 is 1.50 bits per heavy atom. The van der Waals surface area contributed by atoms with E-state index in [0.717, 1.165) is 35.8 Å². The van der Waals surface area contributed by atoms with E-state index in [-0.39, 0.29) is 0 Å². The standard InChI is InChI=1S/C12H18BrN3/c1-2-5-14-12-9(6-10(13)8-16-12)7-15-11-3-4-11/h6,8,11,15H,2-5,7H2,1H3,(H,14,16). The summed E-state index contributed by atoms with van der Waals surface area (Å²) in [5.74, 6) is 1.01. The van der Waals surface area contributed by atoms with Crippen LogP contribution >= 0.6 is 15.9 Å². The maximum absolute atomic E-state index is 4.42. The van der Waals surface area contributed by atoms with Crippen LogP contribution in [0.2, 0.25) is 0 Å². The third-order valence-electron chi connectivity index (χ3n) is 2.63. The average Bonchev–Trinajstić information content (AvgIpc) is 3.09. The van der Waals surface area contributed by atoms with Gasteiger partial charge in [0.25, 0.3) is 0 Å². The summed E-state index contributed by atoms with van der Waals surface area (Å²) in [4.78, 5) is 4.42. The Kier molecular flexibility index (Phi) is 4.18. The van der Waals surface area contributed by atoms with Crippen LogP contribution in [0, 0.1) is 0 Å². The summed E-state index contributed by atoms with van der Waals surface area (Å²) < 4.78 is 1.04. The van der Waals surface area contributed by atoms with Gasteiger partial charge in [-0.3, -0.25) is 0 Å². The van der Waals surface area contributed by atoms with Crippen molar-refractivity contribution >= 4 is 21.7 Å². The minimum absolute atomic E-state index is 0.734. The number of nitrogens with one attached hydrogen (secondary N) is 2. The normalized spacial score (nSPS) is 15.1. The molecule has 0 amide bonds. The summed E-state index contributed by atoms with van der Waals surface area (Å²) in [5.41, 5.74) is 1.25. The fraction of sp³-hybridized carbons (Fsp3) is 0.583. The van der Waals surface area contributed by atoms with Crippen molar-refractivity contribution in [3.05, 3.63) is 22.3 Å². The van der Waals surface area contributed by atoms with Gasteiger partial charge in [0, 0.05) is 35.4 Å². The number of hydrogen-bond acceptors (Lipinski definition) is 3. The summed E-state index contributed by atoms with van der Waals surface area (Å²) in [5, 5.41) is 6.88. The van der Waals surface area contributed by atoms with Crippen LogP contribution < -0.4 is 10.6 Å². The third-order valence-corrected chi connectivity index (χ3v) is 3.07. The molecule has 1 aromatic heterocycles. The number of aromatic nitrogens is 1. The summed E-state index contributed by atoms with van der Waals surface area (Å²) in [6.45, 7) is 4.04. The zero-order valence-electron chi connectivity index (χ0n) is 9.59. The Labute approximate surface area is 105 Å². The number of nitrogens with zero attached hydrogens (tertiary/aromatic N) is 1. The van der Waals surface area contributed by atoms with Gasteiger partial charge in [0.2, 0.25) is 0 Å². The van der Waals surface area contributed by atoms with E-state index in [2.05, 4.69) is 44.5 Å². The minimum Gasteiger partial charge on any atom is -0.370 e. The Balaban J connectivity index is 2.01. The Bertz CT molecular complexity index is 350. The highest BCUT2D eigenvalue weighted by Gasteiger charge is 2.20. The van der Waals surface area contributed by atoms with Crippen molar-refractivity contribution in [1.29, 1.82) is 0 Å². The highest BCUT2D eigenvalue weighted by atomic mass is 79.9. The zero-order chi connectivity index (χ0) is 11.4. The molecular weight excluding hydrogens is 266 g/mol. The predicted molar refractivity (Wildman–Crippen MR) is 70.6 cm³/mol. The van der Waals surface area contributed by atoms with E-state index in [9.17, 15) is 0 Å². The maximum atomic E-state index is 4.42. The molecule has 0 aliphatic heterocycles. The molecule has 4 heteroatoms. The number of hydrogen-bond donors (Lipinski definition) is 2. The van der Waals surface area contributed by atoms with Crippen molar-refractivity contribution in [1.82, 2.24) is 10.3 Å². The first-order valence-corrected chi connectivity index (χ1v) is 6.70. The molecule has 2 rings (SSSR count). The van der Waals surface area contributed by atoms with Gasteiger partial charge in [-0.1, -0.05) is 6.92 Å². The molecule has 0 unspecified atom stereocenters. The molecule has 2 N–H and O–H groups in total. The average molecular weight is 284 g/mol. The molecule has 1 aliphatic carbocycles. The number of anilines is 1. The lowest BCUT2D eigenvalue weighted by atomic mass is 10.2. The predicted octanol–water partition coefficient (Wildman–Crippen LogP) is 2.92. The minimum atomic E-state index is 0.734. The summed E-state index contributed by atoms with van der Waals surface area (Å²) >= 11 is 3.47. The van der Waals surface area contributed by atoms with Gasteiger partial charge >= 0.3 is 0 Å². The Morgan fingerprint density at radius 2 is 2.31 bits per heavy atom. The fourth-order valence-corrected chi connectivity index (χ4v) is 1.94. The smallest absolute Gasteiger partial charge is 0.130 e. The van der Waals surface area contributed by atoms with Crippen LogP contribution in [0.1, 0.15) is 31.7 Å². The molecule has 0 aromatic carbocycles. The van der Waals surface area contributed by atoms with Crippen molar-refractivity contribution in [3.63, 3.8) is 0 Å². The lowest BCUT2D eigenvalue weighted by Gasteiger charge is -2.11. The maximum Gasteiger partial charge on any atom is 0.130 e. The molecule has 1 heterocycles. The van der Waals surface area contributed by atoms with Gasteiger partial charge in [-0.2, -0.15) is 0 Å². The number of halogens is 1. The van der Waals surface area contributed by atoms with Crippen molar-refractivity contribution < 1.29 is 0 Å². The van der Waals surface area contributed by atoms with Crippen LogP contribution in [-0.4, -0.2) is 17.6 Å². The van der Waals surface area contributed by atoms with Crippen LogP contribution in [0.3, 0.4) is 0 Å². The number of rotatable bonds is 6. The molecule has 1 saturated carbocycles. The largest absolute Gasteiger partial charge is 0.370 e. The van der Waals surface area contributed by atoms with Crippen molar-refractivity contribution in [2.75, 3.05) is 11.9 Å². The second kappa shape index (κ2) is 5.64. The van der Waals surface area contributed by atoms with Gasteiger partial charge < -0.3 is 10.6 Å². The summed E-state index contributed by atoms with van der Waals surface area (Å²) in [7, 11) is 0. The van der Waals surface area contributed by atoms with Crippen molar-refractivity contribution in [2.24, 2.45) is 0 Å². The molecule has 0 atom stereocenters. The molecule has 3 nitrogen and oxygen atoms in total. The molecule has 0 spiro atoms. The van der Waals surface area contributed by atoms with E-state index in [4.69, 9.17) is 0 Å². The Morgan fingerprint density at radius 3 is 3.00 bits per heavy atom. The van der Waals surface area contributed by atoms with Gasteiger partial charge in [-0.05, 0) is 41.3 Å². The summed E-state index contributed by atoms with van der Waals surface area (Å²) in [6.07, 6.45) is 5.60. The third kappa shape index (κ3) is 3.46. The monoisotopic (exact) mass is 283 g/mol. The highest BCUT2D eigenvalue weighted by molar-refractivity contribution is 9.10. The van der Waals surface area contributed by atoms with Gasteiger partial charge in [0.05, 0.1) is 0 Å². The lowest BCUT2D eigenvalue weighted by molar-refractivity contribution is 0.686. The second-order valence-electron chi connectivity index (χ2n) is 4.24. The van der Waals surface area contributed by atoms with Gasteiger partial charge in [-0.15, -0.1) is 0 Å². The van der Waals surface area contributed by atoms with Crippen molar-refractivity contribution in [3.8, 4) is 0 Å². The molecule has 1 fully saturated rings. The van der Waals surface area contributed by atoms with Crippen LogP contribution in [0.5, 0.6) is 0 Å². The van der Waals surface area contributed by atoms with E-state index in [0.29, 0.717) is 0 Å². The van der Waals surface area contributed by atoms with E-state index in [1.54, 1.807) is 0 Å². The first kappa shape index (κ1) is 11.9. The molecule has 88 valence electrons. The van der Waals surface area contributed by atoms with Crippen LogP contribution in [-0.2, 0) is 6.54 Å².